The highest BCUT2D eigenvalue weighted by Gasteiger charge is 2.38. The third-order valence-electron chi connectivity index (χ3n) is 6.98. The second-order valence-corrected chi connectivity index (χ2v) is 10.6. The summed E-state index contributed by atoms with van der Waals surface area (Å²) in [4.78, 5) is 45.0. The van der Waals surface area contributed by atoms with E-state index in [2.05, 4.69) is 14.7 Å². The van der Waals surface area contributed by atoms with E-state index in [4.69, 9.17) is 11.5 Å². The number of nitrogen functional groups attached to an aromatic ring is 1. The number of hydrogen-bond acceptors (Lipinski definition) is 6. The molecule has 2 aromatic heterocycles. The molecule has 0 spiro atoms. The van der Waals surface area contributed by atoms with Crippen molar-refractivity contribution < 1.29 is 14.4 Å². The zero-order chi connectivity index (χ0) is 27.0. The van der Waals surface area contributed by atoms with Crippen LogP contribution in [0.15, 0.2) is 48.7 Å². The summed E-state index contributed by atoms with van der Waals surface area (Å²) in [6, 6.07) is 12.4. The van der Waals surface area contributed by atoms with Gasteiger partial charge in [0.05, 0.1) is 5.69 Å². The van der Waals surface area contributed by atoms with Crippen LogP contribution in [-0.4, -0.2) is 33.1 Å². The van der Waals surface area contributed by atoms with Gasteiger partial charge in [-0.15, -0.1) is 0 Å². The zero-order valence-corrected chi connectivity index (χ0v) is 22.1. The average molecular weight is 531 g/mol. The molecular weight excluding hydrogens is 500 g/mol. The predicted octanol–water partition coefficient (Wildman–Crippen LogP) is 4.37. The van der Waals surface area contributed by atoms with E-state index >= 15 is 0 Å². The van der Waals surface area contributed by atoms with Crippen molar-refractivity contribution in [1.29, 1.82) is 0 Å². The molecule has 9 nitrogen and oxygen atoms in total. The molecule has 2 aromatic carbocycles. The van der Waals surface area contributed by atoms with Crippen LogP contribution in [0.4, 0.5) is 11.4 Å². The number of carbonyl (C=O) groups is 3. The first-order valence-electron chi connectivity index (χ1n) is 12.6. The number of hydrogen-bond donors (Lipinski definition) is 4. The van der Waals surface area contributed by atoms with Crippen LogP contribution in [0, 0.1) is 13.8 Å². The maximum Gasteiger partial charge on any atom is 0.273 e. The molecule has 5 rings (SSSR count). The number of amides is 3. The lowest BCUT2D eigenvalue weighted by atomic mass is 10.00. The number of primary amides is 1. The van der Waals surface area contributed by atoms with Crippen LogP contribution in [-0.2, 0) is 4.79 Å². The first-order valence-corrected chi connectivity index (χ1v) is 13.3. The summed E-state index contributed by atoms with van der Waals surface area (Å²) in [5.74, 6) is -1.63. The maximum atomic E-state index is 14.3. The number of carbonyl (C=O) groups excluding carboxylic acids is 3. The Hall–Kier alpha value is -4.18. The van der Waals surface area contributed by atoms with Crippen LogP contribution in [0.25, 0.3) is 10.9 Å². The number of nitrogens with two attached hydrogens (primary N) is 2. The summed E-state index contributed by atoms with van der Waals surface area (Å²) in [5, 5.41) is 4.02. The van der Waals surface area contributed by atoms with Crippen molar-refractivity contribution in [3.05, 3.63) is 75.9 Å². The Bertz CT molecular complexity index is 1510. The molecule has 0 saturated heterocycles. The molecule has 10 heteroatoms. The highest BCUT2D eigenvalue weighted by Crippen LogP contribution is 2.37. The highest BCUT2D eigenvalue weighted by molar-refractivity contribution is 7.09. The Morgan fingerprint density at radius 3 is 2.45 bits per heavy atom. The van der Waals surface area contributed by atoms with Gasteiger partial charge in [0.2, 0.25) is 5.91 Å². The molecule has 1 fully saturated rings. The van der Waals surface area contributed by atoms with Gasteiger partial charge in [-0.05, 0) is 67.5 Å². The van der Waals surface area contributed by atoms with E-state index in [9.17, 15) is 14.4 Å². The first kappa shape index (κ1) is 25.5. The number of rotatable bonds is 7. The Kier molecular flexibility index (Phi) is 6.90. The molecule has 0 aliphatic heterocycles. The molecule has 1 atom stereocenters. The van der Waals surface area contributed by atoms with Gasteiger partial charge in [0, 0.05) is 34.4 Å². The molecule has 1 aliphatic carbocycles. The lowest BCUT2D eigenvalue weighted by molar-refractivity contribution is -0.123. The number of aryl methyl sites for hydroxylation is 2. The molecule has 1 aliphatic rings. The lowest BCUT2D eigenvalue weighted by Gasteiger charge is -2.32. The number of nitrogens with one attached hydrogen (secondary N) is 2. The van der Waals surface area contributed by atoms with Crippen molar-refractivity contribution in [2.45, 2.75) is 51.6 Å². The third-order valence-corrected chi connectivity index (χ3v) is 7.83. The van der Waals surface area contributed by atoms with Crippen molar-refractivity contribution in [3.63, 3.8) is 0 Å². The second kappa shape index (κ2) is 10.3. The molecule has 0 bridgehead atoms. The summed E-state index contributed by atoms with van der Waals surface area (Å²) < 4.78 is 4.04. The van der Waals surface area contributed by atoms with E-state index in [-0.39, 0.29) is 28.2 Å². The fourth-order valence-electron chi connectivity index (χ4n) is 5.28. The van der Waals surface area contributed by atoms with Crippen LogP contribution >= 0.6 is 11.5 Å². The van der Waals surface area contributed by atoms with Crippen molar-refractivity contribution in [2.24, 2.45) is 5.73 Å². The smallest absolute Gasteiger partial charge is 0.273 e. The van der Waals surface area contributed by atoms with E-state index in [1.54, 1.807) is 6.20 Å². The molecule has 1 saturated carbocycles. The summed E-state index contributed by atoms with van der Waals surface area (Å²) >= 11 is 0.800. The number of H-pyrrole nitrogens is 1. The quantitative estimate of drug-likeness (QED) is 0.280. The minimum Gasteiger partial charge on any atom is -0.395 e. The zero-order valence-electron chi connectivity index (χ0n) is 21.3. The van der Waals surface area contributed by atoms with Crippen molar-refractivity contribution in [1.82, 2.24) is 14.7 Å². The van der Waals surface area contributed by atoms with E-state index in [1.165, 1.54) is 4.90 Å². The Morgan fingerprint density at radius 1 is 1.11 bits per heavy atom. The standard InChI is InChI=1S/C28H30N6O3S/c1-15-11-16(2)13-18(12-15)34(28(37)25-22(29)23(26(30)35)33-38-25)24(27(36)32-17-7-3-4-8-17)20-14-31-21-10-6-5-9-19(20)21/h5-6,9-14,17,24,31H,3-4,7-8,29H2,1-2H3,(H2,30,35)(H,32,36)/t24-/m0/s1. The van der Waals surface area contributed by atoms with Gasteiger partial charge < -0.3 is 21.8 Å². The molecule has 3 amide bonds. The topological polar surface area (TPSA) is 147 Å². The number of nitrogens with zero attached hydrogens (tertiary/aromatic N) is 2. The molecule has 0 unspecified atom stereocenters. The third kappa shape index (κ3) is 4.74. The van der Waals surface area contributed by atoms with Crippen LogP contribution in [0.5, 0.6) is 0 Å². The summed E-state index contributed by atoms with van der Waals surface area (Å²) in [6.07, 6.45) is 5.67. The minimum atomic E-state index is -1.01. The van der Waals surface area contributed by atoms with E-state index < -0.39 is 17.9 Å². The largest absolute Gasteiger partial charge is 0.395 e. The number of aromatic amines is 1. The predicted molar refractivity (Wildman–Crippen MR) is 149 cm³/mol. The molecule has 196 valence electrons. The molecule has 6 N–H and O–H groups in total. The van der Waals surface area contributed by atoms with Gasteiger partial charge in [0.1, 0.15) is 10.9 Å². The minimum absolute atomic E-state index is 0.0429. The number of aromatic nitrogens is 2. The summed E-state index contributed by atoms with van der Waals surface area (Å²) in [6.45, 7) is 3.87. The molecular formula is C28H30N6O3S. The van der Waals surface area contributed by atoms with Gasteiger partial charge in [-0.3, -0.25) is 19.3 Å². The Labute approximate surface area is 224 Å². The normalized spacial score (nSPS) is 14.5. The van der Waals surface area contributed by atoms with Gasteiger partial charge >= 0.3 is 0 Å². The van der Waals surface area contributed by atoms with Crippen molar-refractivity contribution in [3.8, 4) is 0 Å². The van der Waals surface area contributed by atoms with Crippen LogP contribution in [0.1, 0.15) is 68.6 Å². The monoisotopic (exact) mass is 530 g/mol. The Morgan fingerprint density at radius 2 is 1.79 bits per heavy atom. The fraction of sp³-hybridized carbons (Fsp3) is 0.286. The molecule has 2 heterocycles. The maximum absolute atomic E-state index is 14.3. The lowest BCUT2D eigenvalue weighted by Crippen LogP contribution is -2.46. The molecule has 38 heavy (non-hydrogen) atoms. The Balaban J connectivity index is 1.71. The van der Waals surface area contributed by atoms with Crippen LogP contribution < -0.4 is 21.7 Å². The fourth-order valence-corrected chi connectivity index (χ4v) is 6.02. The number of para-hydroxylation sites is 1. The van der Waals surface area contributed by atoms with Gasteiger partial charge in [-0.25, -0.2) is 0 Å². The van der Waals surface area contributed by atoms with Gasteiger partial charge in [0.25, 0.3) is 11.8 Å². The SMILES string of the molecule is Cc1cc(C)cc(N(C(=O)c2snc(C(N)=O)c2N)[C@H](C(=O)NC2CCCC2)c2c[nH]c3ccccc23)c1. The summed E-state index contributed by atoms with van der Waals surface area (Å²) in [7, 11) is 0. The number of fused-ring (bicyclic) bond motifs is 1. The van der Waals surface area contributed by atoms with E-state index in [0.717, 1.165) is 59.2 Å². The molecule has 4 aromatic rings. The van der Waals surface area contributed by atoms with E-state index in [0.29, 0.717) is 11.3 Å². The van der Waals surface area contributed by atoms with Gasteiger partial charge in [0.15, 0.2) is 5.69 Å². The second-order valence-electron chi connectivity index (χ2n) is 9.84. The van der Waals surface area contributed by atoms with E-state index in [1.807, 2.05) is 56.3 Å². The number of anilines is 2. The highest BCUT2D eigenvalue weighted by atomic mass is 32.1. The van der Waals surface area contributed by atoms with Crippen molar-refractivity contribution >= 4 is 51.5 Å². The van der Waals surface area contributed by atoms with Crippen LogP contribution in [0.3, 0.4) is 0 Å². The summed E-state index contributed by atoms with van der Waals surface area (Å²) in [5.41, 5.74) is 15.3. The first-order chi connectivity index (χ1) is 18.2. The molecule has 0 radical (unpaired) electrons. The van der Waals surface area contributed by atoms with Gasteiger partial charge in [-0.1, -0.05) is 37.1 Å². The average Bonchev–Trinajstić information content (AvgIpc) is 3.61. The van der Waals surface area contributed by atoms with Gasteiger partial charge in [-0.2, -0.15) is 4.37 Å². The van der Waals surface area contributed by atoms with Crippen molar-refractivity contribution in [2.75, 3.05) is 10.6 Å². The number of benzene rings is 2. The van der Waals surface area contributed by atoms with Crippen LogP contribution in [0.2, 0.25) is 0 Å².